The zero-order valence-corrected chi connectivity index (χ0v) is 33.3. The van der Waals surface area contributed by atoms with E-state index in [1.165, 1.54) is 4.90 Å². The van der Waals surface area contributed by atoms with E-state index in [0.29, 0.717) is 73.8 Å². The summed E-state index contributed by atoms with van der Waals surface area (Å²) >= 11 is 0. The Bertz CT molecular complexity index is 2140. The van der Waals surface area contributed by atoms with Crippen LogP contribution in [0.2, 0.25) is 0 Å². The van der Waals surface area contributed by atoms with Crippen LogP contribution in [0.25, 0.3) is 10.9 Å². The van der Waals surface area contributed by atoms with Crippen LogP contribution in [0.1, 0.15) is 108 Å². The molecule has 1 saturated heterocycles. The molecule has 16 heteroatoms. The fourth-order valence-corrected chi connectivity index (χ4v) is 10.4. The van der Waals surface area contributed by atoms with Gasteiger partial charge in [0.25, 0.3) is 5.91 Å². The number of benzene rings is 1. The van der Waals surface area contributed by atoms with Gasteiger partial charge < -0.3 is 25.0 Å². The van der Waals surface area contributed by atoms with Crippen LogP contribution in [0.3, 0.4) is 0 Å². The summed E-state index contributed by atoms with van der Waals surface area (Å²) in [6.45, 7) is 3.48. The zero-order chi connectivity index (χ0) is 40.3. The highest BCUT2D eigenvalue weighted by Crippen LogP contribution is 2.47. The second kappa shape index (κ2) is 14.8. The number of allylic oxidation sites excluding steroid dienone is 1. The average Bonchev–Trinajstić information content (AvgIpc) is 3.80. The molecule has 5 atom stereocenters. The van der Waals surface area contributed by atoms with Gasteiger partial charge in [0, 0.05) is 29.4 Å². The number of amides is 4. The highest BCUT2D eigenvalue weighted by molar-refractivity contribution is 7.91. The summed E-state index contributed by atoms with van der Waals surface area (Å²) in [6, 6.07) is -0.0468. The van der Waals surface area contributed by atoms with Crippen molar-refractivity contribution in [3.63, 3.8) is 0 Å². The van der Waals surface area contributed by atoms with Gasteiger partial charge in [-0.05, 0) is 96.5 Å². The largest absolute Gasteiger partial charge is 0.483 e. The fraction of sp³-hybridized carbons (Fsp3) is 0.634. The Morgan fingerprint density at radius 1 is 1.04 bits per heavy atom. The summed E-state index contributed by atoms with van der Waals surface area (Å²) in [4.78, 5) is 62.7. The first-order valence-corrected chi connectivity index (χ1v) is 21.9. The monoisotopic (exact) mass is 811 g/mol. The molecule has 8 rings (SSSR count). The summed E-state index contributed by atoms with van der Waals surface area (Å²) in [6.07, 6.45) is 11.5. The second-order valence-electron chi connectivity index (χ2n) is 17.4. The maximum Gasteiger partial charge on any atom is 0.407 e. The van der Waals surface area contributed by atoms with Gasteiger partial charge in [-0.25, -0.2) is 27.0 Å². The Hall–Kier alpha value is -4.34. The number of halogens is 2. The highest BCUT2D eigenvalue weighted by Gasteiger charge is 2.59. The molecule has 6 aliphatic rings. The minimum atomic E-state index is -4.04. The molecular formula is C41H51F2N5O8S. The van der Waals surface area contributed by atoms with E-state index in [0.717, 1.165) is 44.2 Å². The van der Waals surface area contributed by atoms with E-state index < -0.39 is 79.4 Å². The molecule has 5 unspecified atom stereocenters. The van der Waals surface area contributed by atoms with E-state index in [4.69, 9.17) is 9.47 Å². The van der Waals surface area contributed by atoms with Crippen LogP contribution in [0, 0.1) is 30.4 Å². The van der Waals surface area contributed by atoms with Gasteiger partial charge >= 0.3 is 6.09 Å². The summed E-state index contributed by atoms with van der Waals surface area (Å²) in [5, 5.41) is 6.15. The van der Waals surface area contributed by atoms with Crippen molar-refractivity contribution in [1.82, 2.24) is 25.2 Å². The quantitative estimate of drug-likeness (QED) is 0.333. The van der Waals surface area contributed by atoms with Gasteiger partial charge in [0.1, 0.15) is 29.0 Å². The molecule has 3 saturated carbocycles. The summed E-state index contributed by atoms with van der Waals surface area (Å²) in [7, 11) is -4.04. The molecule has 2 aromatic rings. The maximum atomic E-state index is 14.8. The molecule has 3 aliphatic heterocycles. The molecule has 308 valence electrons. The molecule has 4 heterocycles. The van der Waals surface area contributed by atoms with Crippen molar-refractivity contribution in [3.05, 3.63) is 47.2 Å². The number of rotatable bonds is 6. The van der Waals surface area contributed by atoms with E-state index in [-0.39, 0.29) is 37.4 Å². The molecule has 1 spiro atoms. The number of carbonyl (C=O) groups excluding carboxylic acids is 4. The number of nitrogens with zero attached hydrogens (tertiary/aromatic N) is 2. The topological polar surface area (TPSA) is 173 Å². The Kier molecular flexibility index (Phi) is 10.2. The second-order valence-corrected chi connectivity index (χ2v) is 19.6. The standard InChI is InChI=1S/C41H51F2N5O8S/c1-24-34-27(28-19-29(42)30(43)20-32(28)44-24)14-15-40(56-34)21-33-35(49)46-41(37(51)47-57(53,54)39(2)17-18-39)16-13-26(41)11-6-4-3-5-7-12-31(36(50)48(33)23-40)45-38(52)55-22-25-9-8-10-25/h6,11,19-20,25-26,31,33H,3-5,7-10,12-18,21-23H2,1-2H3,(H,45,52)(H,46,49)(H,47,51). The lowest BCUT2D eigenvalue weighted by atomic mass is 9.65. The van der Waals surface area contributed by atoms with Crippen molar-refractivity contribution in [2.45, 2.75) is 138 Å². The van der Waals surface area contributed by atoms with Crippen molar-refractivity contribution in [3.8, 4) is 5.75 Å². The number of aromatic nitrogens is 1. The first kappa shape index (κ1) is 39.5. The van der Waals surface area contributed by atoms with Crippen molar-refractivity contribution >= 4 is 44.7 Å². The molecule has 3 N–H and O–H groups in total. The van der Waals surface area contributed by atoms with Crippen molar-refractivity contribution in [2.24, 2.45) is 11.8 Å². The molecule has 0 radical (unpaired) electrons. The minimum Gasteiger partial charge on any atom is -0.483 e. The Morgan fingerprint density at radius 2 is 1.81 bits per heavy atom. The van der Waals surface area contributed by atoms with Crippen LogP contribution in [-0.4, -0.2) is 83.2 Å². The predicted octanol–water partition coefficient (Wildman–Crippen LogP) is 5.16. The number of sulfonamides is 1. The molecule has 57 heavy (non-hydrogen) atoms. The third-order valence-electron chi connectivity index (χ3n) is 13.5. The van der Waals surface area contributed by atoms with Crippen LogP contribution in [0.4, 0.5) is 13.6 Å². The Morgan fingerprint density at radius 3 is 2.51 bits per heavy atom. The number of ether oxygens (including phenoxy) is 2. The molecule has 1 aromatic carbocycles. The fourth-order valence-electron chi connectivity index (χ4n) is 9.10. The smallest absolute Gasteiger partial charge is 0.407 e. The van der Waals surface area contributed by atoms with Crippen LogP contribution in [-0.2, 0) is 35.6 Å². The number of carbonyl (C=O) groups is 4. The van der Waals surface area contributed by atoms with Gasteiger partial charge in [-0.2, -0.15) is 0 Å². The first-order valence-electron chi connectivity index (χ1n) is 20.4. The molecule has 3 aliphatic carbocycles. The number of pyridine rings is 1. The maximum absolute atomic E-state index is 14.8. The minimum absolute atomic E-state index is 0.00664. The number of hydrogen-bond donors (Lipinski definition) is 3. The summed E-state index contributed by atoms with van der Waals surface area (Å²) < 4.78 is 68.8. The van der Waals surface area contributed by atoms with Crippen molar-refractivity contribution in [1.29, 1.82) is 0 Å². The van der Waals surface area contributed by atoms with Gasteiger partial charge in [0.15, 0.2) is 11.6 Å². The Labute approximate surface area is 331 Å². The third kappa shape index (κ3) is 7.35. The molecule has 0 bridgehead atoms. The number of aryl methyl sites for hydroxylation is 2. The van der Waals surface area contributed by atoms with Gasteiger partial charge in [-0.3, -0.25) is 19.1 Å². The average molecular weight is 812 g/mol. The molecule has 1 aromatic heterocycles. The first-order chi connectivity index (χ1) is 27.1. The van der Waals surface area contributed by atoms with E-state index in [9.17, 15) is 36.4 Å². The van der Waals surface area contributed by atoms with Crippen LogP contribution < -0.4 is 20.1 Å². The van der Waals surface area contributed by atoms with Crippen LogP contribution in [0.15, 0.2) is 24.3 Å². The van der Waals surface area contributed by atoms with Gasteiger partial charge in [-0.15, -0.1) is 0 Å². The number of nitrogens with one attached hydrogen (secondary N) is 3. The SMILES string of the molecule is Cc1nc2cc(F)c(F)cc2c2c1OC1(CC2)CC2C(=O)NC3(C(=O)NS(=O)(=O)C4(C)CC4)CCC3C=CCCCCCC(NC(=O)OCC3CCC3)C(=O)N2C1. The van der Waals surface area contributed by atoms with Crippen LogP contribution in [0.5, 0.6) is 5.75 Å². The highest BCUT2D eigenvalue weighted by atomic mass is 32.2. The van der Waals surface area contributed by atoms with Crippen molar-refractivity contribution < 1.29 is 45.9 Å². The van der Waals surface area contributed by atoms with E-state index >= 15 is 0 Å². The Balaban J connectivity index is 1.13. The van der Waals surface area contributed by atoms with Gasteiger partial charge in [0.2, 0.25) is 21.8 Å². The van der Waals surface area contributed by atoms with Crippen LogP contribution >= 0.6 is 0 Å². The normalized spacial score (nSPS) is 30.0. The number of alkyl carbamates (subject to hydrolysis) is 1. The number of fused-ring (bicyclic) bond motifs is 5. The molecule has 4 amide bonds. The number of hydrogen-bond acceptors (Lipinski definition) is 9. The lowest BCUT2D eigenvalue weighted by Gasteiger charge is -2.48. The lowest BCUT2D eigenvalue weighted by Crippen LogP contribution is -2.70. The summed E-state index contributed by atoms with van der Waals surface area (Å²) in [5.41, 5.74) is -1.36. The van der Waals surface area contributed by atoms with E-state index in [1.807, 2.05) is 12.2 Å². The van der Waals surface area contributed by atoms with Crippen molar-refractivity contribution in [2.75, 3.05) is 13.2 Å². The molecule has 13 nitrogen and oxygen atoms in total. The predicted molar refractivity (Wildman–Crippen MR) is 204 cm³/mol. The summed E-state index contributed by atoms with van der Waals surface area (Å²) in [5.74, 6) is -3.83. The van der Waals surface area contributed by atoms with Gasteiger partial charge in [-0.1, -0.05) is 31.4 Å². The van der Waals surface area contributed by atoms with E-state index in [2.05, 4.69) is 20.3 Å². The lowest BCUT2D eigenvalue weighted by molar-refractivity contribution is -0.144. The van der Waals surface area contributed by atoms with Gasteiger partial charge in [0.05, 0.1) is 29.1 Å². The molecule has 4 fully saturated rings. The molecular weight excluding hydrogens is 761 g/mol. The van der Waals surface area contributed by atoms with E-state index in [1.54, 1.807) is 13.8 Å². The zero-order valence-electron chi connectivity index (χ0n) is 32.5. The third-order valence-corrected chi connectivity index (χ3v) is 15.6.